The van der Waals surface area contributed by atoms with Crippen LogP contribution in [-0.4, -0.2) is 11.6 Å². The Morgan fingerprint density at radius 1 is 1.36 bits per heavy atom. The van der Waals surface area contributed by atoms with Crippen LogP contribution < -0.4 is 0 Å². The van der Waals surface area contributed by atoms with Crippen LogP contribution in [0.2, 0.25) is 0 Å². The zero-order valence-corrected chi connectivity index (χ0v) is 9.72. The highest BCUT2D eigenvalue weighted by molar-refractivity contribution is 5.71. The molecule has 0 bridgehead atoms. The Morgan fingerprint density at radius 2 is 1.93 bits per heavy atom. The molecule has 0 aromatic carbocycles. The van der Waals surface area contributed by atoms with Crippen molar-refractivity contribution >= 4 is 5.97 Å². The molecule has 0 unspecified atom stereocenters. The second-order valence-electron chi connectivity index (χ2n) is 4.29. The number of carbonyl (C=O) groups is 1. The van der Waals surface area contributed by atoms with Crippen LogP contribution in [0.1, 0.15) is 47.5 Å². The minimum Gasteiger partial charge on any atom is -0.297 e. The van der Waals surface area contributed by atoms with Gasteiger partial charge in [0.05, 0.1) is 6.42 Å². The molecule has 0 aromatic rings. The van der Waals surface area contributed by atoms with Crippen molar-refractivity contribution in [2.24, 2.45) is 0 Å². The summed E-state index contributed by atoms with van der Waals surface area (Å²) in [6.07, 6.45) is 3.22. The van der Waals surface area contributed by atoms with Crippen LogP contribution >= 0.6 is 0 Å². The van der Waals surface area contributed by atoms with Gasteiger partial charge in [-0.15, -0.1) is 0 Å². The maximum Gasteiger partial charge on any atom is 0.346 e. The fraction of sp³-hybridized carbons (Fsp3) is 0.727. The van der Waals surface area contributed by atoms with Gasteiger partial charge in [0.2, 0.25) is 0 Å². The average Bonchev–Trinajstić information content (AvgIpc) is 2.00. The first-order valence-electron chi connectivity index (χ1n) is 4.89. The zero-order valence-electron chi connectivity index (χ0n) is 9.72. The van der Waals surface area contributed by atoms with Crippen molar-refractivity contribution in [3.05, 3.63) is 11.6 Å². The Balaban J connectivity index is 3.83. The Hall–Kier alpha value is -0.830. The third-order valence-corrected chi connectivity index (χ3v) is 1.36. The first kappa shape index (κ1) is 13.2. The molecule has 0 aliphatic carbocycles. The molecule has 0 radical (unpaired) electrons. The molecule has 0 aliphatic rings. The van der Waals surface area contributed by atoms with E-state index in [4.69, 9.17) is 4.89 Å². The lowest BCUT2D eigenvalue weighted by Crippen LogP contribution is -2.21. The van der Waals surface area contributed by atoms with Crippen molar-refractivity contribution in [1.82, 2.24) is 0 Å². The Kier molecular flexibility index (Phi) is 5.46. The standard InChI is InChI=1S/C11H20O3/c1-6-7-9(2)8-10(12)13-14-11(3,4)5/h7H,6,8H2,1-5H3/b9-7-. The van der Waals surface area contributed by atoms with Gasteiger partial charge in [0.1, 0.15) is 5.60 Å². The van der Waals surface area contributed by atoms with Crippen LogP contribution in [0.15, 0.2) is 11.6 Å². The largest absolute Gasteiger partial charge is 0.346 e. The van der Waals surface area contributed by atoms with Crippen molar-refractivity contribution < 1.29 is 14.6 Å². The smallest absolute Gasteiger partial charge is 0.297 e. The molecular weight excluding hydrogens is 180 g/mol. The molecule has 82 valence electrons. The summed E-state index contributed by atoms with van der Waals surface area (Å²) in [5, 5.41) is 0. The van der Waals surface area contributed by atoms with Crippen molar-refractivity contribution in [2.45, 2.75) is 53.1 Å². The van der Waals surface area contributed by atoms with Gasteiger partial charge >= 0.3 is 5.97 Å². The van der Waals surface area contributed by atoms with E-state index in [0.717, 1.165) is 12.0 Å². The maximum atomic E-state index is 11.2. The SMILES string of the molecule is CC/C=C(/C)CC(=O)OOC(C)(C)C. The Morgan fingerprint density at radius 3 is 2.36 bits per heavy atom. The average molecular weight is 200 g/mol. The predicted molar refractivity (Wildman–Crippen MR) is 55.6 cm³/mol. The van der Waals surface area contributed by atoms with E-state index < -0.39 is 5.60 Å². The van der Waals surface area contributed by atoms with Gasteiger partial charge < -0.3 is 0 Å². The summed E-state index contributed by atoms with van der Waals surface area (Å²) in [6, 6.07) is 0. The van der Waals surface area contributed by atoms with Gasteiger partial charge in [0.15, 0.2) is 0 Å². The van der Waals surface area contributed by atoms with Crippen LogP contribution in [0.4, 0.5) is 0 Å². The van der Waals surface area contributed by atoms with Crippen molar-refractivity contribution in [3.63, 3.8) is 0 Å². The van der Waals surface area contributed by atoms with Gasteiger partial charge in [0, 0.05) is 0 Å². The number of allylic oxidation sites excluding steroid dienone is 1. The molecule has 0 rings (SSSR count). The third-order valence-electron chi connectivity index (χ3n) is 1.36. The van der Waals surface area contributed by atoms with E-state index in [2.05, 4.69) is 4.89 Å². The van der Waals surface area contributed by atoms with E-state index in [1.807, 2.05) is 40.7 Å². The van der Waals surface area contributed by atoms with Crippen molar-refractivity contribution in [2.75, 3.05) is 0 Å². The van der Waals surface area contributed by atoms with E-state index in [1.54, 1.807) is 0 Å². The highest BCUT2D eigenvalue weighted by atomic mass is 17.2. The molecule has 0 fully saturated rings. The fourth-order valence-electron chi connectivity index (χ4n) is 0.849. The maximum absolute atomic E-state index is 11.2. The first-order valence-corrected chi connectivity index (χ1v) is 4.89. The van der Waals surface area contributed by atoms with E-state index in [9.17, 15) is 4.79 Å². The molecule has 14 heavy (non-hydrogen) atoms. The number of rotatable bonds is 4. The Bertz CT molecular complexity index is 211. The molecule has 0 atom stereocenters. The quantitative estimate of drug-likeness (QED) is 0.397. The second-order valence-corrected chi connectivity index (χ2v) is 4.29. The van der Waals surface area contributed by atoms with Gasteiger partial charge in [-0.3, -0.25) is 4.89 Å². The summed E-state index contributed by atoms with van der Waals surface area (Å²) >= 11 is 0. The first-order chi connectivity index (χ1) is 6.35. The van der Waals surface area contributed by atoms with Crippen LogP contribution in [-0.2, 0) is 14.6 Å². The Labute approximate surface area is 86.0 Å². The van der Waals surface area contributed by atoms with Crippen LogP contribution in [0, 0.1) is 0 Å². The van der Waals surface area contributed by atoms with Gasteiger partial charge in [-0.1, -0.05) is 18.6 Å². The molecule has 0 saturated heterocycles. The molecule has 0 amide bonds. The van der Waals surface area contributed by atoms with Crippen LogP contribution in [0.5, 0.6) is 0 Å². The fourth-order valence-corrected chi connectivity index (χ4v) is 0.849. The number of carbonyl (C=O) groups excluding carboxylic acids is 1. The summed E-state index contributed by atoms with van der Waals surface area (Å²) in [7, 11) is 0. The highest BCUT2D eigenvalue weighted by Crippen LogP contribution is 2.09. The number of hydrogen-bond donors (Lipinski definition) is 0. The van der Waals surface area contributed by atoms with E-state index >= 15 is 0 Å². The minimum atomic E-state index is -0.446. The van der Waals surface area contributed by atoms with E-state index in [-0.39, 0.29) is 5.97 Å². The van der Waals surface area contributed by atoms with Gasteiger partial charge in [-0.25, -0.2) is 4.79 Å². The van der Waals surface area contributed by atoms with Crippen molar-refractivity contribution in [3.8, 4) is 0 Å². The molecule has 3 heteroatoms. The topological polar surface area (TPSA) is 35.5 Å². The lowest BCUT2D eigenvalue weighted by atomic mass is 10.2. The monoisotopic (exact) mass is 200 g/mol. The van der Waals surface area contributed by atoms with Gasteiger partial charge in [-0.05, 0) is 34.1 Å². The van der Waals surface area contributed by atoms with Crippen LogP contribution in [0.25, 0.3) is 0 Å². The molecule has 3 nitrogen and oxygen atoms in total. The summed E-state index contributed by atoms with van der Waals surface area (Å²) in [5.74, 6) is -0.345. The van der Waals surface area contributed by atoms with Gasteiger partial charge in [0.25, 0.3) is 0 Å². The van der Waals surface area contributed by atoms with Gasteiger partial charge in [-0.2, -0.15) is 4.89 Å². The molecule has 0 heterocycles. The summed E-state index contributed by atoms with van der Waals surface area (Å²) in [4.78, 5) is 20.7. The molecule has 0 saturated carbocycles. The summed E-state index contributed by atoms with van der Waals surface area (Å²) in [5.41, 5.74) is 0.563. The predicted octanol–water partition coefficient (Wildman–Crippen LogP) is 3.01. The lowest BCUT2D eigenvalue weighted by molar-refractivity contribution is -0.319. The highest BCUT2D eigenvalue weighted by Gasteiger charge is 2.15. The zero-order chi connectivity index (χ0) is 11.2. The van der Waals surface area contributed by atoms with E-state index in [0.29, 0.717) is 6.42 Å². The van der Waals surface area contributed by atoms with Crippen molar-refractivity contribution in [1.29, 1.82) is 0 Å². The second kappa shape index (κ2) is 5.81. The molecule has 0 spiro atoms. The summed E-state index contributed by atoms with van der Waals surface area (Å²) in [6.45, 7) is 9.42. The molecular formula is C11H20O3. The number of hydrogen-bond acceptors (Lipinski definition) is 3. The lowest BCUT2D eigenvalue weighted by Gasteiger charge is -2.16. The minimum absolute atomic E-state index is 0.296. The molecule has 0 aliphatic heterocycles. The summed E-state index contributed by atoms with van der Waals surface area (Å²) < 4.78 is 0. The normalized spacial score (nSPS) is 12.8. The molecule has 0 aromatic heterocycles. The van der Waals surface area contributed by atoms with Crippen LogP contribution in [0.3, 0.4) is 0 Å². The van der Waals surface area contributed by atoms with E-state index in [1.165, 1.54) is 0 Å². The molecule has 0 N–H and O–H groups in total. The third kappa shape index (κ3) is 7.80.